The molecule has 7 heteroatoms. The summed E-state index contributed by atoms with van der Waals surface area (Å²) in [5.41, 5.74) is 11.4. The number of anilines is 1. The molecule has 0 spiro atoms. The quantitative estimate of drug-likeness (QED) is 0.371. The van der Waals surface area contributed by atoms with Crippen molar-refractivity contribution < 1.29 is 10.2 Å². The number of imidazole rings is 1. The lowest BCUT2D eigenvalue weighted by Crippen LogP contribution is -2.03. The van der Waals surface area contributed by atoms with Crippen molar-refractivity contribution in [2.45, 2.75) is 20.3 Å². The van der Waals surface area contributed by atoms with E-state index in [0.717, 1.165) is 22.2 Å². The SMILES string of the molecule is CCc1cc(-c2cnc(N)n2-c2ccc3c(c2)c(I)c(C)n3C)c(O)cc1O. The molecule has 6 nitrogen and oxygen atoms in total. The van der Waals surface area contributed by atoms with Crippen molar-refractivity contribution in [3.8, 4) is 28.4 Å². The molecule has 0 saturated heterocycles. The molecule has 0 fully saturated rings. The highest BCUT2D eigenvalue weighted by Gasteiger charge is 2.18. The second-order valence-electron chi connectivity index (χ2n) is 6.85. The zero-order valence-corrected chi connectivity index (χ0v) is 18.0. The van der Waals surface area contributed by atoms with Gasteiger partial charge in [-0.15, -0.1) is 0 Å². The van der Waals surface area contributed by atoms with E-state index in [1.807, 2.05) is 17.6 Å². The Morgan fingerprint density at radius 1 is 1.14 bits per heavy atom. The fourth-order valence-corrected chi connectivity index (χ4v) is 4.39. The number of phenols is 2. The van der Waals surface area contributed by atoms with Crippen LogP contribution < -0.4 is 5.73 Å². The van der Waals surface area contributed by atoms with Gasteiger partial charge in [0.15, 0.2) is 0 Å². The highest BCUT2D eigenvalue weighted by molar-refractivity contribution is 14.1. The van der Waals surface area contributed by atoms with E-state index in [-0.39, 0.29) is 11.5 Å². The van der Waals surface area contributed by atoms with Gasteiger partial charge in [-0.05, 0) is 65.8 Å². The van der Waals surface area contributed by atoms with Crippen LogP contribution in [0.2, 0.25) is 0 Å². The number of rotatable bonds is 3. The van der Waals surface area contributed by atoms with Crippen LogP contribution in [0.25, 0.3) is 27.8 Å². The van der Waals surface area contributed by atoms with Gasteiger partial charge in [-0.2, -0.15) is 0 Å². The smallest absolute Gasteiger partial charge is 0.205 e. The van der Waals surface area contributed by atoms with Gasteiger partial charge in [0.05, 0.1) is 11.9 Å². The maximum absolute atomic E-state index is 10.5. The number of aromatic hydroxyl groups is 2. The number of nitrogen functional groups attached to an aromatic ring is 1. The Kier molecular flexibility index (Phi) is 4.49. The van der Waals surface area contributed by atoms with Crippen LogP contribution in [0.1, 0.15) is 18.2 Å². The Bertz CT molecular complexity index is 1220. The zero-order valence-electron chi connectivity index (χ0n) is 15.9. The molecule has 2 aromatic carbocycles. The van der Waals surface area contributed by atoms with Crippen molar-refractivity contribution in [2.24, 2.45) is 7.05 Å². The minimum absolute atomic E-state index is 0.0120. The lowest BCUT2D eigenvalue weighted by molar-refractivity contribution is 0.447. The molecule has 4 aromatic rings. The van der Waals surface area contributed by atoms with Crippen LogP contribution in [0.3, 0.4) is 0 Å². The lowest BCUT2D eigenvalue weighted by Gasteiger charge is -2.13. The summed E-state index contributed by atoms with van der Waals surface area (Å²) in [5, 5.41) is 21.6. The third kappa shape index (κ3) is 2.72. The first kappa shape index (κ1) is 18.7. The number of fused-ring (bicyclic) bond motifs is 1. The first-order valence-corrected chi connectivity index (χ1v) is 10.0. The van der Waals surface area contributed by atoms with Crippen LogP contribution >= 0.6 is 22.6 Å². The van der Waals surface area contributed by atoms with Gasteiger partial charge in [0.25, 0.3) is 0 Å². The predicted molar refractivity (Wildman–Crippen MR) is 120 cm³/mol. The summed E-state index contributed by atoms with van der Waals surface area (Å²) in [7, 11) is 2.05. The topological polar surface area (TPSA) is 89.2 Å². The molecule has 4 N–H and O–H groups in total. The zero-order chi connectivity index (χ0) is 20.2. The molecule has 2 aromatic heterocycles. The van der Waals surface area contributed by atoms with Crippen LogP contribution in [0.15, 0.2) is 36.5 Å². The fraction of sp³-hybridized carbons (Fsp3) is 0.190. The van der Waals surface area contributed by atoms with Gasteiger partial charge in [-0.25, -0.2) is 4.98 Å². The average molecular weight is 488 g/mol. The minimum Gasteiger partial charge on any atom is -0.508 e. The van der Waals surface area contributed by atoms with Crippen LogP contribution in [0.5, 0.6) is 11.5 Å². The molecule has 0 radical (unpaired) electrons. The highest BCUT2D eigenvalue weighted by Crippen LogP contribution is 2.38. The van der Waals surface area contributed by atoms with Crippen molar-refractivity contribution in [1.29, 1.82) is 0 Å². The van der Waals surface area contributed by atoms with Gasteiger partial charge in [-0.3, -0.25) is 4.57 Å². The first-order valence-electron chi connectivity index (χ1n) is 8.96. The van der Waals surface area contributed by atoms with Gasteiger partial charge < -0.3 is 20.5 Å². The molecule has 0 amide bonds. The Morgan fingerprint density at radius 3 is 2.61 bits per heavy atom. The van der Waals surface area contributed by atoms with Crippen molar-refractivity contribution in [3.05, 3.63) is 51.4 Å². The summed E-state index contributed by atoms with van der Waals surface area (Å²) in [4.78, 5) is 4.27. The molecule has 0 aliphatic carbocycles. The molecule has 144 valence electrons. The number of nitrogens with two attached hydrogens (primary N) is 1. The largest absolute Gasteiger partial charge is 0.508 e. The summed E-state index contributed by atoms with van der Waals surface area (Å²) in [5.74, 6) is 0.406. The number of hydrogen-bond donors (Lipinski definition) is 3. The first-order chi connectivity index (χ1) is 13.3. The van der Waals surface area contributed by atoms with Crippen molar-refractivity contribution in [1.82, 2.24) is 14.1 Å². The van der Waals surface area contributed by atoms with Crippen LogP contribution in [0, 0.1) is 10.5 Å². The Morgan fingerprint density at radius 2 is 1.89 bits per heavy atom. The van der Waals surface area contributed by atoms with E-state index in [0.29, 0.717) is 23.6 Å². The van der Waals surface area contributed by atoms with E-state index < -0.39 is 0 Å². The van der Waals surface area contributed by atoms with Gasteiger partial charge in [0.2, 0.25) is 5.95 Å². The van der Waals surface area contributed by atoms with E-state index in [1.165, 1.54) is 15.3 Å². The Balaban J connectivity index is 1.96. The maximum atomic E-state index is 10.5. The summed E-state index contributed by atoms with van der Waals surface area (Å²) < 4.78 is 5.18. The summed E-state index contributed by atoms with van der Waals surface area (Å²) in [6.07, 6.45) is 2.29. The number of aromatic nitrogens is 3. The van der Waals surface area contributed by atoms with E-state index in [2.05, 4.69) is 58.2 Å². The molecule has 2 heterocycles. The molecule has 0 saturated carbocycles. The van der Waals surface area contributed by atoms with Gasteiger partial charge in [0, 0.05) is 44.5 Å². The monoisotopic (exact) mass is 488 g/mol. The molecular formula is C21H21IN4O2. The third-order valence-electron chi connectivity index (χ3n) is 5.30. The minimum atomic E-state index is -0.0120. The molecule has 0 aliphatic heterocycles. The number of benzene rings is 2. The van der Waals surface area contributed by atoms with E-state index in [1.54, 1.807) is 12.3 Å². The van der Waals surface area contributed by atoms with Crippen molar-refractivity contribution in [2.75, 3.05) is 5.73 Å². The van der Waals surface area contributed by atoms with Crippen LogP contribution in [0.4, 0.5) is 5.95 Å². The maximum Gasteiger partial charge on any atom is 0.205 e. The normalized spacial score (nSPS) is 11.4. The average Bonchev–Trinajstić information content (AvgIpc) is 3.15. The van der Waals surface area contributed by atoms with E-state index in [9.17, 15) is 10.2 Å². The van der Waals surface area contributed by atoms with Gasteiger partial charge in [-0.1, -0.05) is 6.92 Å². The summed E-state index contributed by atoms with van der Waals surface area (Å²) in [6, 6.07) is 9.31. The number of halogens is 1. The second-order valence-corrected chi connectivity index (χ2v) is 7.93. The van der Waals surface area contributed by atoms with Crippen LogP contribution in [-0.4, -0.2) is 24.3 Å². The summed E-state index contributed by atoms with van der Waals surface area (Å²) in [6.45, 7) is 4.05. The summed E-state index contributed by atoms with van der Waals surface area (Å²) >= 11 is 2.36. The molecule has 0 atom stereocenters. The lowest BCUT2D eigenvalue weighted by atomic mass is 10.0. The molecule has 0 bridgehead atoms. The molecule has 4 rings (SSSR count). The van der Waals surface area contributed by atoms with Gasteiger partial charge in [0.1, 0.15) is 11.5 Å². The van der Waals surface area contributed by atoms with Crippen molar-refractivity contribution >= 4 is 39.4 Å². The molecular weight excluding hydrogens is 467 g/mol. The van der Waals surface area contributed by atoms with E-state index >= 15 is 0 Å². The Labute approximate surface area is 176 Å². The number of aryl methyl sites for hydroxylation is 2. The molecule has 28 heavy (non-hydrogen) atoms. The fourth-order valence-electron chi connectivity index (χ4n) is 3.59. The number of hydrogen-bond acceptors (Lipinski definition) is 4. The number of phenolic OH excluding ortho intramolecular Hbond substituents is 2. The molecule has 0 aliphatic rings. The second kappa shape index (κ2) is 6.73. The van der Waals surface area contributed by atoms with Gasteiger partial charge >= 0.3 is 0 Å². The predicted octanol–water partition coefficient (Wildman–Crippen LogP) is 4.50. The Hall–Kier alpha value is -2.68. The highest BCUT2D eigenvalue weighted by atomic mass is 127. The van der Waals surface area contributed by atoms with Crippen molar-refractivity contribution in [3.63, 3.8) is 0 Å². The molecule has 0 unspecified atom stereocenters. The number of nitrogens with zero attached hydrogens (tertiary/aromatic N) is 3. The standard InChI is InChI=1S/C21H21IN4O2/c1-4-12-7-14(19(28)9-18(12)27)17-10-24-21(23)26(17)13-5-6-16-15(8-13)20(22)11(2)25(16)3/h5-10,27-28H,4H2,1-3H3,(H2,23,24). The van der Waals surface area contributed by atoms with Crippen LogP contribution in [-0.2, 0) is 13.5 Å². The van der Waals surface area contributed by atoms with E-state index in [4.69, 9.17) is 5.73 Å². The third-order valence-corrected chi connectivity index (χ3v) is 6.66.